The first-order valence-electron chi connectivity index (χ1n) is 2.99. The molecule has 0 radical (unpaired) electrons. The molecule has 5 nitrogen and oxygen atoms in total. The van der Waals surface area contributed by atoms with E-state index in [2.05, 4.69) is 10.7 Å². The van der Waals surface area contributed by atoms with Crippen molar-refractivity contribution in [2.45, 2.75) is 0 Å². The van der Waals surface area contributed by atoms with Crippen molar-refractivity contribution >= 4 is 26.7 Å². The first kappa shape index (κ1) is 12.0. The zero-order valence-corrected chi connectivity index (χ0v) is 7.83. The van der Waals surface area contributed by atoms with Gasteiger partial charge in [0, 0.05) is 22.4 Å². The summed E-state index contributed by atoms with van der Waals surface area (Å²) in [7, 11) is 1.80. The molecule has 0 aromatic heterocycles. The Morgan fingerprint density at radius 1 is 1.31 bits per heavy atom. The molecule has 72 valence electrons. The standard InChI is InChI=1S/C6H5NO2.ClHO2S/c8-7(9)6-4-2-1-3-5-6;1-4(2)3/h1-5H;(H,2,3)/p-1. The molecular formula is C6H5ClNO4S-. The Bertz CT molecular complexity index is 288. The highest BCUT2D eigenvalue weighted by atomic mass is 35.7. The van der Waals surface area contributed by atoms with Crippen molar-refractivity contribution in [2.24, 2.45) is 0 Å². The number of para-hydroxylation sites is 1. The fraction of sp³-hybridized carbons (Fsp3) is 0. The number of nitro benzene ring substituents is 1. The van der Waals surface area contributed by atoms with Gasteiger partial charge in [0.2, 0.25) is 0 Å². The number of nitro groups is 1. The van der Waals surface area contributed by atoms with Crippen LogP contribution in [0.3, 0.4) is 0 Å². The molecule has 1 aromatic rings. The smallest absolute Gasteiger partial charge is 0.269 e. The second kappa shape index (κ2) is 6.53. The Balaban J connectivity index is 0.000000310. The third-order valence-corrected chi connectivity index (χ3v) is 0.967. The van der Waals surface area contributed by atoms with E-state index in [1.807, 2.05) is 0 Å². The number of rotatable bonds is 1. The third kappa shape index (κ3) is 7.38. The lowest BCUT2D eigenvalue weighted by molar-refractivity contribution is -0.384. The first-order chi connectivity index (χ1) is 6.04. The van der Waals surface area contributed by atoms with Gasteiger partial charge in [0.25, 0.3) is 5.69 Å². The van der Waals surface area contributed by atoms with Crippen LogP contribution in [0, 0.1) is 10.1 Å². The molecule has 0 amide bonds. The van der Waals surface area contributed by atoms with Gasteiger partial charge < -0.3 is 4.55 Å². The summed E-state index contributed by atoms with van der Waals surface area (Å²) in [4.78, 5) is 9.59. The van der Waals surface area contributed by atoms with Crippen LogP contribution in [-0.2, 0) is 10.3 Å². The molecule has 0 aliphatic rings. The van der Waals surface area contributed by atoms with Crippen LogP contribution < -0.4 is 0 Å². The summed E-state index contributed by atoms with van der Waals surface area (Å²) in [6.45, 7) is 0. The topological polar surface area (TPSA) is 83.3 Å². The van der Waals surface area contributed by atoms with Gasteiger partial charge in [0.05, 0.1) is 4.92 Å². The van der Waals surface area contributed by atoms with Crippen LogP contribution in [-0.4, -0.2) is 13.7 Å². The number of halogens is 1. The minimum atomic E-state index is -2.39. The van der Waals surface area contributed by atoms with Crippen LogP contribution in [0.1, 0.15) is 0 Å². The Labute approximate surface area is 81.3 Å². The predicted octanol–water partition coefficient (Wildman–Crippen LogP) is 1.61. The van der Waals surface area contributed by atoms with Crippen LogP contribution in [0.25, 0.3) is 0 Å². The molecule has 0 spiro atoms. The average molecular weight is 223 g/mol. The molecule has 7 heteroatoms. The summed E-state index contributed by atoms with van der Waals surface area (Å²) in [6.07, 6.45) is 0. The molecule has 0 heterocycles. The Hall–Kier alpha value is -0.980. The van der Waals surface area contributed by atoms with Gasteiger partial charge in [-0.25, -0.2) is 0 Å². The van der Waals surface area contributed by atoms with E-state index < -0.39 is 15.2 Å². The van der Waals surface area contributed by atoms with E-state index in [9.17, 15) is 10.1 Å². The second-order valence-electron chi connectivity index (χ2n) is 1.79. The Morgan fingerprint density at radius 3 is 1.92 bits per heavy atom. The van der Waals surface area contributed by atoms with Gasteiger partial charge >= 0.3 is 0 Å². The zero-order chi connectivity index (χ0) is 10.3. The van der Waals surface area contributed by atoms with E-state index in [0.717, 1.165) is 0 Å². The molecule has 1 aromatic carbocycles. The number of non-ortho nitro benzene ring substituents is 1. The molecule has 0 saturated heterocycles. The van der Waals surface area contributed by atoms with Crippen LogP contribution in [0.15, 0.2) is 30.3 Å². The van der Waals surface area contributed by atoms with Gasteiger partial charge in [0.1, 0.15) is 0 Å². The number of benzene rings is 1. The molecule has 1 atom stereocenters. The predicted molar refractivity (Wildman–Crippen MR) is 47.9 cm³/mol. The molecule has 0 saturated carbocycles. The van der Waals surface area contributed by atoms with Gasteiger partial charge in [-0.05, 0) is 10.7 Å². The first-order valence-corrected chi connectivity index (χ1v) is 4.89. The summed E-state index contributed by atoms with van der Waals surface area (Å²) in [5.74, 6) is 0. The molecule has 0 N–H and O–H groups in total. The van der Waals surface area contributed by atoms with Gasteiger partial charge in [-0.1, -0.05) is 18.2 Å². The van der Waals surface area contributed by atoms with Crippen LogP contribution in [0.5, 0.6) is 0 Å². The molecule has 0 bridgehead atoms. The zero-order valence-electron chi connectivity index (χ0n) is 6.25. The van der Waals surface area contributed by atoms with Crippen molar-refractivity contribution in [1.82, 2.24) is 0 Å². The maximum absolute atomic E-state index is 10.0. The second-order valence-corrected chi connectivity index (χ2v) is 2.93. The Kier molecular flexibility index (Phi) is 6.03. The highest BCUT2D eigenvalue weighted by molar-refractivity contribution is 8.03. The molecule has 1 unspecified atom stereocenters. The highest BCUT2D eigenvalue weighted by Crippen LogP contribution is 2.06. The maximum Gasteiger partial charge on any atom is 0.269 e. The van der Waals surface area contributed by atoms with E-state index in [1.165, 1.54) is 12.1 Å². The van der Waals surface area contributed by atoms with E-state index in [-0.39, 0.29) is 5.69 Å². The van der Waals surface area contributed by atoms with E-state index >= 15 is 0 Å². The lowest BCUT2D eigenvalue weighted by atomic mass is 10.3. The molecule has 0 aliphatic heterocycles. The number of hydrogen-bond acceptors (Lipinski definition) is 4. The van der Waals surface area contributed by atoms with Crippen molar-refractivity contribution in [3.05, 3.63) is 40.4 Å². The van der Waals surface area contributed by atoms with E-state index in [4.69, 9.17) is 8.76 Å². The number of hydrogen-bond donors (Lipinski definition) is 0. The minimum absolute atomic E-state index is 0.137. The van der Waals surface area contributed by atoms with Gasteiger partial charge in [0.15, 0.2) is 0 Å². The minimum Gasteiger partial charge on any atom is -0.760 e. The fourth-order valence-electron chi connectivity index (χ4n) is 0.550. The van der Waals surface area contributed by atoms with Crippen molar-refractivity contribution < 1.29 is 13.7 Å². The highest BCUT2D eigenvalue weighted by Gasteiger charge is 1.98. The molecule has 13 heavy (non-hydrogen) atoms. The molecular weight excluding hydrogens is 218 g/mol. The van der Waals surface area contributed by atoms with E-state index in [0.29, 0.717) is 0 Å². The van der Waals surface area contributed by atoms with Gasteiger partial charge in [-0.2, -0.15) is 0 Å². The molecule has 0 aliphatic carbocycles. The summed E-state index contributed by atoms with van der Waals surface area (Å²) in [6, 6.07) is 7.93. The van der Waals surface area contributed by atoms with Crippen molar-refractivity contribution in [3.8, 4) is 0 Å². The lowest BCUT2D eigenvalue weighted by Crippen LogP contribution is -1.84. The molecule has 1 rings (SSSR count). The summed E-state index contributed by atoms with van der Waals surface area (Å²) >= 11 is 0. The van der Waals surface area contributed by atoms with Gasteiger partial charge in [-0.3, -0.25) is 14.3 Å². The normalized spacial score (nSPS) is 10.9. The summed E-state index contributed by atoms with van der Waals surface area (Å²) < 4.78 is 17.5. The SMILES string of the molecule is O=S([O-])Cl.O=[N+]([O-])c1ccccc1. The summed E-state index contributed by atoms with van der Waals surface area (Å²) in [5.41, 5.74) is 0.137. The largest absolute Gasteiger partial charge is 0.760 e. The maximum atomic E-state index is 10.0. The lowest BCUT2D eigenvalue weighted by Gasteiger charge is -1.85. The number of nitrogens with zero attached hydrogens (tertiary/aromatic N) is 1. The molecule has 0 fully saturated rings. The Morgan fingerprint density at radius 2 is 1.69 bits per heavy atom. The van der Waals surface area contributed by atoms with E-state index in [1.54, 1.807) is 18.2 Å². The van der Waals surface area contributed by atoms with Gasteiger partial charge in [-0.15, -0.1) is 0 Å². The average Bonchev–Trinajstić information content (AvgIpc) is 2.05. The third-order valence-electron chi connectivity index (χ3n) is 0.967. The summed E-state index contributed by atoms with van der Waals surface area (Å²) in [5, 5.41) is 10.0. The fourth-order valence-corrected chi connectivity index (χ4v) is 0.550. The van der Waals surface area contributed by atoms with Crippen molar-refractivity contribution in [1.29, 1.82) is 0 Å². The van der Waals surface area contributed by atoms with Crippen molar-refractivity contribution in [3.63, 3.8) is 0 Å². The van der Waals surface area contributed by atoms with Crippen molar-refractivity contribution in [2.75, 3.05) is 0 Å². The quantitative estimate of drug-likeness (QED) is 0.313. The van der Waals surface area contributed by atoms with Crippen LogP contribution in [0.2, 0.25) is 0 Å². The van der Waals surface area contributed by atoms with Crippen LogP contribution >= 0.6 is 10.7 Å². The monoisotopic (exact) mass is 222 g/mol. The van der Waals surface area contributed by atoms with Crippen LogP contribution in [0.4, 0.5) is 5.69 Å².